The van der Waals surface area contributed by atoms with Crippen LogP contribution >= 0.6 is 0 Å². The summed E-state index contributed by atoms with van der Waals surface area (Å²) in [5.41, 5.74) is 2.91. The Morgan fingerprint density at radius 3 is 2.52 bits per heavy atom. The molecule has 1 amide bonds. The van der Waals surface area contributed by atoms with Gasteiger partial charge in [-0.1, -0.05) is 19.8 Å². The summed E-state index contributed by atoms with van der Waals surface area (Å²) in [6, 6.07) is 3.20. The summed E-state index contributed by atoms with van der Waals surface area (Å²) in [6.07, 6.45) is 10.9. The number of nitrogens with zero attached hydrogens (tertiary/aromatic N) is 3. The molecular formula is C20H24FN3O. The van der Waals surface area contributed by atoms with Crippen LogP contribution < -0.4 is 0 Å². The smallest absolute Gasteiger partial charge is 0.213 e. The van der Waals surface area contributed by atoms with Crippen LogP contribution in [0.2, 0.25) is 0 Å². The highest BCUT2D eigenvalue weighted by Crippen LogP contribution is 2.24. The molecule has 1 heterocycles. The van der Waals surface area contributed by atoms with E-state index in [9.17, 15) is 9.18 Å². The van der Waals surface area contributed by atoms with Gasteiger partial charge in [-0.3, -0.25) is 4.79 Å². The first-order chi connectivity index (χ1) is 12.0. The lowest BCUT2D eigenvalue weighted by Crippen LogP contribution is -2.15. The van der Waals surface area contributed by atoms with Crippen molar-refractivity contribution in [2.24, 2.45) is 0 Å². The van der Waals surface area contributed by atoms with Gasteiger partial charge in [0.05, 0.1) is 5.56 Å². The standard InChI is InChI=1S/C20H24FN3O/c1-4-5-6-8-24(14-25)9-7-17-11-18(19(21)10-16(17)3)20-22-12-15(2)13-23-20/h7,9-14H,4-6,8H2,1-3H3/b9-7-. The fourth-order valence-corrected chi connectivity index (χ4v) is 2.45. The maximum absolute atomic E-state index is 14.3. The number of carbonyl (C=O) groups is 1. The highest BCUT2D eigenvalue weighted by Gasteiger charge is 2.11. The van der Waals surface area contributed by atoms with Crippen LogP contribution in [0.15, 0.2) is 30.7 Å². The monoisotopic (exact) mass is 341 g/mol. The molecule has 0 radical (unpaired) electrons. The van der Waals surface area contributed by atoms with Gasteiger partial charge in [0.1, 0.15) is 5.82 Å². The number of carbonyl (C=O) groups excluding carboxylic acids is 1. The fourth-order valence-electron chi connectivity index (χ4n) is 2.45. The Morgan fingerprint density at radius 2 is 1.88 bits per heavy atom. The molecule has 4 nitrogen and oxygen atoms in total. The summed E-state index contributed by atoms with van der Waals surface area (Å²) in [6.45, 7) is 6.53. The summed E-state index contributed by atoms with van der Waals surface area (Å²) in [7, 11) is 0. The van der Waals surface area contributed by atoms with Crippen molar-refractivity contribution in [3.05, 3.63) is 53.2 Å². The molecule has 0 unspecified atom stereocenters. The second kappa shape index (κ2) is 9.06. The van der Waals surface area contributed by atoms with Crippen molar-refractivity contribution < 1.29 is 9.18 Å². The Bertz CT molecular complexity index is 741. The first-order valence-corrected chi connectivity index (χ1v) is 8.53. The molecule has 0 saturated carbocycles. The van der Waals surface area contributed by atoms with Gasteiger partial charge in [-0.05, 0) is 55.2 Å². The molecular weight excluding hydrogens is 317 g/mol. The predicted octanol–water partition coefficient (Wildman–Crippen LogP) is 4.52. The summed E-state index contributed by atoms with van der Waals surface area (Å²) in [5, 5.41) is 0. The van der Waals surface area contributed by atoms with Gasteiger partial charge in [-0.25, -0.2) is 14.4 Å². The molecule has 2 aromatic rings. The number of hydrogen-bond acceptors (Lipinski definition) is 3. The molecule has 25 heavy (non-hydrogen) atoms. The molecule has 0 fully saturated rings. The van der Waals surface area contributed by atoms with Crippen molar-refractivity contribution in [1.29, 1.82) is 0 Å². The van der Waals surface area contributed by atoms with E-state index in [4.69, 9.17) is 0 Å². The molecule has 2 rings (SSSR count). The van der Waals surface area contributed by atoms with E-state index in [-0.39, 0.29) is 5.82 Å². The van der Waals surface area contributed by atoms with Crippen molar-refractivity contribution >= 4 is 12.5 Å². The number of unbranched alkanes of at least 4 members (excludes halogenated alkanes) is 2. The van der Waals surface area contributed by atoms with Crippen LogP contribution in [0.4, 0.5) is 4.39 Å². The number of halogens is 1. The van der Waals surface area contributed by atoms with Gasteiger partial charge in [0.25, 0.3) is 0 Å². The van der Waals surface area contributed by atoms with E-state index in [2.05, 4.69) is 16.9 Å². The molecule has 1 aromatic carbocycles. The number of benzene rings is 1. The van der Waals surface area contributed by atoms with Gasteiger partial charge in [0.15, 0.2) is 5.82 Å². The van der Waals surface area contributed by atoms with Crippen LogP contribution in [0, 0.1) is 19.7 Å². The van der Waals surface area contributed by atoms with Gasteiger partial charge < -0.3 is 4.90 Å². The number of aryl methyl sites for hydroxylation is 2. The van der Waals surface area contributed by atoms with Crippen LogP contribution in [-0.2, 0) is 4.79 Å². The molecule has 1 aromatic heterocycles. The maximum atomic E-state index is 14.3. The van der Waals surface area contributed by atoms with Crippen molar-refractivity contribution in [2.75, 3.05) is 6.54 Å². The third-order valence-electron chi connectivity index (χ3n) is 3.98. The zero-order chi connectivity index (χ0) is 18.2. The molecule has 0 spiro atoms. The first kappa shape index (κ1) is 18.8. The van der Waals surface area contributed by atoms with E-state index in [1.807, 2.05) is 19.9 Å². The zero-order valence-electron chi connectivity index (χ0n) is 15.0. The fraction of sp³-hybridized carbons (Fsp3) is 0.350. The van der Waals surface area contributed by atoms with E-state index in [1.165, 1.54) is 6.07 Å². The summed E-state index contributed by atoms with van der Waals surface area (Å²) in [5.74, 6) is 0.00151. The van der Waals surface area contributed by atoms with E-state index in [0.717, 1.165) is 42.4 Å². The SMILES string of the molecule is CCCCCN(C=O)/C=C\c1cc(-c2ncc(C)cn2)c(F)cc1C. The van der Waals surface area contributed by atoms with Gasteiger partial charge in [-0.15, -0.1) is 0 Å². The molecule has 0 bridgehead atoms. The van der Waals surface area contributed by atoms with E-state index >= 15 is 0 Å². The van der Waals surface area contributed by atoms with Crippen LogP contribution in [0.3, 0.4) is 0 Å². The molecule has 132 valence electrons. The van der Waals surface area contributed by atoms with E-state index in [0.29, 0.717) is 17.9 Å². The Morgan fingerprint density at radius 1 is 1.16 bits per heavy atom. The second-order valence-corrected chi connectivity index (χ2v) is 6.14. The topological polar surface area (TPSA) is 46.1 Å². The Hall–Kier alpha value is -2.56. The van der Waals surface area contributed by atoms with Gasteiger partial charge in [-0.2, -0.15) is 0 Å². The van der Waals surface area contributed by atoms with E-state index in [1.54, 1.807) is 29.6 Å². The lowest BCUT2D eigenvalue weighted by molar-refractivity contribution is -0.115. The molecule has 0 N–H and O–H groups in total. The molecule has 0 saturated heterocycles. The quantitative estimate of drug-likeness (QED) is 0.524. The van der Waals surface area contributed by atoms with Gasteiger partial charge in [0, 0.05) is 25.1 Å². The van der Waals surface area contributed by atoms with Crippen molar-refractivity contribution in [3.63, 3.8) is 0 Å². The van der Waals surface area contributed by atoms with Crippen LogP contribution in [0.1, 0.15) is 42.9 Å². The summed E-state index contributed by atoms with van der Waals surface area (Å²) in [4.78, 5) is 21.2. The molecule has 0 aliphatic carbocycles. The zero-order valence-corrected chi connectivity index (χ0v) is 15.0. The Labute approximate surface area is 148 Å². The average molecular weight is 341 g/mol. The maximum Gasteiger partial charge on any atom is 0.213 e. The van der Waals surface area contributed by atoms with Crippen molar-refractivity contribution in [2.45, 2.75) is 40.0 Å². The summed E-state index contributed by atoms with van der Waals surface area (Å²) >= 11 is 0. The normalized spacial score (nSPS) is 11.0. The third-order valence-corrected chi connectivity index (χ3v) is 3.98. The third kappa shape index (κ3) is 5.21. The van der Waals surface area contributed by atoms with Gasteiger partial charge in [0.2, 0.25) is 6.41 Å². The average Bonchev–Trinajstić information content (AvgIpc) is 2.60. The van der Waals surface area contributed by atoms with Crippen LogP contribution in [0.25, 0.3) is 17.5 Å². The molecule has 0 atom stereocenters. The van der Waals surface area contributed by atoms with Crippen molar-refractivity contribution in [1.82, 2.24) is 14.9 Å². The number of aromatic nitrogens is 2. The highest BCUT2D eigenvalue weighted by molar-refractivity contribution is 5.66. The van der Waals surface area contributed by atoms with Crippen LogP contribution in [0.5, 0.6) is 0 Å². The Kier molecular flexibility index (Phi) is 6.81. The second-order valence-electron chi connectivity index (χ2n) is 6.14. The Balaban J connectivity index is 2.25. The minimum Gasteiger partial charge on any atom is -0.322 e. The van der Waals surface area contributed by atoms with Crippen LogP contribution in [-0.4, -0.2) is 27.8 Å². The largest absolute Gasteiger partial charge is 0.322 e. The predicted molar refractivity (Wildman–Crippen MR) is 98.2 cm³/mol. The van der Waals surface area contributed by atoms with E-state index < -0.39 is 0 Å². The molecule has 0 aliphatic rings. The minimum absolute atomic E-state index is 0.353. The lowest BCUT2D eigenvalue weighted by Gasteiger charge is -2.12. The van der Waals surface area contributed by atoms with Crippen molar-refractivity contribution in [3.8, 4) is 11.4 Å². The minimum atomic E-state index is -0.353. The molecule has 0 aliphatic heterocycles. The number of rotatable bonds is 8. The molecule has 5 heteroatoms. The summed E-state index contributed by atoms with van der Waals surface area (Å²) < 4.78 is 14.3. The first-order valence-electron chi connectivity index (χ1n) is 8.53. The number of amides is 1. The lowest BCUT2D eigenvalue weighted by atomic mass is 10.0. The number of hydrogen-bond donors (Lipinski definition) is 0. The van der Waals surface area contributed by atoms with Gasteiger partial charge >= 0.3 is 0 Å². The highest BCUT2D eigenvalue weighted by atomic mass is 19.1.